The van der Waals surface area contributed by atoms with Gasteiger partial charge < -0.3 is 14.6 Å². The van der Waals surface area contributed by atoms with E-state index in [0.29, 0.717) is 33.4 Å². The lowest BCUT2D eigenvalue weighted by atomic mass is 10.2. The van der Waals surface area contributed by atoms with E-state index in [1.54, 1.807) is 6.07 Å². The van der Waals surface area contributed by atoms with Gasteiger partial charge in [-0.1, -0.05) is 65.8 Å². The smallest absolute Gasteiger partial charge is 0.236 e. The third-order valence-corrected chi connectivity index (χ3v) is 6.75. The van der Waals surface area contributed by atoms with E-state index in [1.165, 1.54) is 23.1 Å². The minimum absolute atomic E-state index is 0.151. The molecule has 7 nitrogen and oxygen atoms in total. The maximum Gasteiger partial charge on any atom is 0.236 e. The van der Waals surface area contributed by atoms with Gasteiger partial charge in [-0.05, 0) is 26.0 Å². The third kappa shape index (κ3) is 5.73. The normalized spacial score (nSPS) is 11.8. The van der Waals surface area contributed by atoms with Crippen LogP contribution in [0, 0.1) is 0 Å². The Morgan fingerprint density at radius 2 is 1.94 bits per heavy atom. The topological polar surface area (TPSA) is 81.9 Å². The van der Waals surface area contributed by atoms with Crippen LogP contribution in [-0.2, 0) is 11.3 Å². The molecule has 4 aromatic rings. The van der Waals surface area contributed by atoms with Crippen molar-refractivity contribution in [3.63, 3.8) is 0 Å². The standard InChI is InChI=1S/C23H22ClN5O2S2/c1-3-29-21(15(2)31-19-12-8-7-11-17(19)24)27-28-23(29)33-14-20(30)26-22-25-18(13-32-22)16-9-5-4-6-10-16/h4-13,15H,3,14H2,1-2H3,(H,25,26,30)/t15-/m0/s1. The number of anilines is 1. The van der Waals surface area contributed by atoms with E-state index in [1.807, 2.05) is 72.3 Å². The van der Waals surface area contributed by atoms with Gasteiger partial charge >= 0.3 is 0 Å². The largest absolute Gasteiger partial charge is 0.481 e. The predicted molar refractivity (Wildman–Crippen MR) is 133 cm³/mol. The first-order valence-electron chi connectivity index (χ1n) is 10.3. The Morgan fingerprint density at radius 1 is 1.18 bits per heavy atom. The highest BCUT2D eigenvalue weighted by Crippen LogP contribution is 2.30. The maximum atomic E-state index is 12.5. The van der Waals surface area contributed by atoms with Gasteiger partial charge in [0.25, 0.3) is 0 Å². The summed E-state index contributed by atoms with van der Waals surface area (Å²) in [6.07, 6.45) is -0.354. The molecule has 0 unspecified atom stereocenters. The summed E-state index contributed by atoms with van der Waals surface area (Å²) >= 11 is 8.92. The molecule has 170 valence electrons. The van der Waals surface area contributed by atoms with Crippen molar-refractivity contribution >= 4 is 45.7 Å². The summed E-state index contributed by atoms with van der Waals surface area (Å²) < 4.78 is 7.92. The second-order valence-corrected chi connectivity index (χ2v) is 9.22. The van der Waals surface area contributed by atoms with Crippen molar-refractivity contribution in [2.75, 3.05) is 11.1 Å². The molecule has 10 heteroatoms. The summed E-state index contributed by atoms with van der Waals surface area (Å²) in [6, 6.07) is 17.2. The monoisotopic (exact) mass is 499 g/mol. The summed E-state index contributed by atoms with van der Waals surface area (Å²) in [4.78, 5) is 17.0. The van der Waals surface area contributed by atoms with Crippen molar-refractivity contribution in [1.82, 2.24) is 19.7 Å². The summed E-state index contributed by atoms with van der Waals surface area (Å²) in [5.74, 6) is 1.30. The van der Waals surface area contributed by atoms with Gasteiger partial charge in [0.05, 0.1) is 16.5 Å². The first-order valence-corrected chi connectivity index (χ1v) is 12.6. The van der Waals surface area contributed by atoms with Gasteiger partial charge in [0.15, 0.2) is 22.2 Å². The molecule has 2 heterocycles. The lowest BCUT2D eigenvalue weighted by Gasteiger charge is -2.16. The van der Waals surface area contributed by atoms with Crippen molar-refractivity contribution in [1.29, 1.82) is 0 Å². The molecule has 0 aliphatic carbocycles. The minimum atomic E-state index is -0.354. The highest BCUT2D eigenvalue weighted by Gasteiger charge is 2.20. The Kier molecular flexibility index (Phi) is 7.64. The van der Waals surface area contributed by atoms with Gasteiger partial charge in [-0.3, -0.25) is 4.79 Å². The molecule has 4 rings (SSSR count). The Labute approximate surface area is 205 Å². The molecule has 0 saturated carbocycles. The number of para-hydroxylation sites is 1. The van der Waals surface area contributed by atoms with Crippen LogP contribution in [0.1, 0.15) is 25.8 Å². The van der Waals surface area contributed by atoms with Gasteiger partial charge in [0, 0.05) is 17.5 Å². The average molecular weight is 500 g/mol. The quantitative estimate of drug-likeness (QED) is 0.287. The molecular formula is C23H22ClN5O2S2. The predicted octanol–water partition coefficient (Wildman–Crippen LogP) is 5.95. The maximum absolute atomic E-state index is 12.5. The van der Waals surface area contributed by atoms with Crippen LogP contribution in [0.15, 0.2) is 65.1 Å². The molecule has 0 radical (unpaired) electrons. The lowest BCUT2D eigenvalue weighted by molar-refractivity contribution is -0.113. The van der Waals surface area contributed by atoms with E-state index >= 15 is 0 Å². The van der Waals surface area contributed by atoms with Crippen molar-refractivity contribution < 1.29 is 9.53 Å². The number of rotatable bonds is 9. The average Bonchev–Trinajstić information content (AvgIpc) is 3.46. The van der Waals surface area contributed by atoms with Crippen LogP contribution in [-0.4, -0.2) is 31.4 Å². The number of halogens is 1. The number of thioether (sulfide) groups is 1. The van der Waals surface area contributed by atoms with Gasteiger partial charge in [-0.15, -0.1) is 21.5 Å². The second-order valence-electron chi connectivity index (χ2n) is 7.02. The molecule has 1 N–H and O–H groups in total. The molecule has 0 aliphatic heterocycles. The fraction of sp³-hybridized carbons (Fsp3) is 0.217. The van der Waals surface area contributed by atoms with Crippen LogP contribution in [0.5, 0.6) is 5.75 Å². The van der Waals surface area contributed by atoms with Crippen molar-refractivity contribution in [2.45, 2.75) is 31.7 Å². The van der Waals surface area contributed by atoms with Crippen LogP contribution in [0.3, 0.4) is 0 Å². The minimum Gasteiger partial charge on any atom is -0.481 e. The molecule has 0 spiro atoms. The lowest BCUT2D eigenvalue weighted by Crippen LogP contribution is -2.15. The zero-order valence-corrected chi connectivity index (χ0v) is 20.5. The van der Waals surface area contributed by atoms with Crippen LogP contribution >= 0.6 is 34.7 Å². The van der Waals surface area contributed by atoms with E-state index in [9.17, 15) is 4.79 Å². The number of hydrogen-bond donors (Lipinski definition) is 1. The Balaban J connectivity index is 1.36. The second kappa shape index (κ2) is 10.8. The molecule has 0 aliphatic rings. The fourth-order valence-corrected chi connectivity index (χ4v) is 4.87. The van der Waals surface area contributed by atoms with Crippen LogP contribution in [0.2, 0.25) is 5.02 Å². The van der Waals surface area contributed by atoms with Crippen molar-refractivity contribution in [2.24, 2.45) is 0 Å². The number of carbonyl (C=O) groups excluding carboxylic acids is 1. The van der Waals surface area contributed by atoms with Crippen molar-refractivity contribution in [3.05, 3.63) is 70.8 Å². The number of amides is 1. The number of ether oxygens (including phenoxy) is 1. The number of hydrogen-bond acceptors (Lipinski definition) is 7. The van der Waals surface area contributed by atoms with Gasteiger partial charge in [-0.2, -0.15) is 0 Å². The molecule has 0 saturated heterocycles. The summed E-state index contributed by atoms with van der Waals surface area (Å²) in [5.41, 5.74) is 1.85. The van der Waals surface area contributed by atoms with Gasteiger partial charge in [0.1, 0.15) is 5.75 Å². The summed E-state index contributed by atoms with van der Waals surface area (Å²) in [7, 11) is 0. The number of benzene rings is 2. The SMILES string of the molecule is CCn1c(SCC(=O)Nc2nc(-c3ccccc3)cs2)nnc1[C@H](C)Oc1ccccc1Cl. The molecule has 2 aromatic heterocycles. The van der Waals surface area contributed by atoms with Crippen molar-refractivity contribution in [3.8, 4) is 17.0 Å². The number of nitrogens with zero attached hydrogens (tertiary/aromatic N) is 4. The van der Waals surface area contributed by atoms with E-state index in [2.05, 4.69) is 20.5 Å². The number of nitrogens with one attached hydrogen (secondary N) is 1. The molecule has 1 atom stereocenters. The zero-order valence-electron chi connectivity index (χ0n) is 18.1. The molecular weight excluding hydrogens is 478 g/mol. The van der Waals surface area contributed by atoms with E-state index in [4.69, 9.17) is 16.3 Å². The highest BCUT2D eigenvalue weighted by atomic mass is 35.5. The first kappa shape index (κ1) is 23.3. The van der Waals surface area contributed by atoms with E-state index in [0.717, 1.165) is 11.3 Å². The van der Waals surface area contributed by atoms with Crippen LogP contribution in [0.25, 0.3) is 11.3 Å². The molecule has 33 heavy (non-hydrogen) atoms. The number of carbonyl (C=O) groups is 1. The fourth-order valence-electron chi connectivity index (χ4n) is 3.15. The first-order chi connectivity index (χ1) is 16.0. The van der Waals surface area contributed by atoms with Gasteiger partial charge in [-0.25, -0.2) is 4.98 Å². The Bertz CT molecular complexity index is 1230. The Morgan fingerprint density at radius 3 is 2.70 bits per heavy atom. The van der Waals surface area contributed by atoms with Gasteiger partial charge in [0.2, 0.25) is 5.91 Å². The molecule has 0 bridgehead atoms. The number of aromatic nitrogens is 4. The molecule has 2 aromatic carbocycles. The summed E-state index contributed by atoms with van der Waals surface area (Å²) in [5, 5.41) is 15.1. The van der Waals surface area contributed by atoms with E-state index in [-0.39, 0.29) is 17.8 Å². The third-order valence-electron chi connectivity index (χ3n) is 4.72. The van der Waals surface area contributed by atoms with Crippen LogP contribution in [0.4, 0.5) is 5.13 Å². The molecule has 0 fully saturated rings. The highest BCUT2D eigenvalue weighted by molar-refractivity contribution is 7.99. The number of thiazole rings is 1. The Hall–Kier alpha value is -2.88. The van der Waals surface area contributed by atoms with Crippen LogP contribution < -0.4 is 10.1 Å². The molecule has 1 amide bonds. The van der Waals surface area contributed by atoms with E-state index < -0.39 is 0 Å². The summed E-state index contributed by atoms with van der Waals surface area (Å²) in [6.45, 7) is 4.54. The zero-order chi connectivity index (χ0) is 23.2.